The molecule has 0 aliphatic heterocycles. The van der Waals surface area contributed by atoms with Crippen LogP contribution < -0.4 is 11.1 Å². The molecule has 3 aliphatic carbocycles. The molecule has 2 aromatic rings. The number of rotatable bonds is 5. The second kappa shape index (κ2) is 11.7. The van der Waals surface area contributed by atoms with Crippen molar-refractivity contribution >= 4 is 40.6 Å². The van der Waals surface area contributed by atoms with Crippen LogP contribution in [0.15, 0.2) is 36.4 Å². The van der Waals surface area contributed by atoms with Crippen LogP contribution in [0, 0.1) is 35.5 Å². The number of hydrogen-bond acceptors (Lipinski definition) is 10. The molecule has 0 spiro atoms. The Balaban J connectivity index is 1.49. The fourth-order valence-electron chi connectivity index (χ4n) is 6.99. The van der Waals surface area contributed by atoms with Gasteiger partial charge in [0.05, 0.1) is 24.1 Å². The van der Waals surface area contributed by atoms with Gasteiger partial charge < -0.3 is 26.2 Å². The summed E-state index contributed by atoms with van der Waals surface area (Å²) in [5.41, 5.74) is 4.55. The van der Waals surface area contributed by atoms with Crippen molar-refractivity contribution < 1.29 is 39.0 Å². The molecule has 45 heavy (non-hydrogen) atoms. The molecule has 0 radical (unpaired) electrons. The van der Waals surface area contributed by atoms with E-state index in [2.05, 4.69) is 17.2 Å². The Bertz CT molecular complexity index is 1700. The molecular weight excluding hydrogens is 580 g/mol. The van der Waals surface area contributed by atoms with Crippen LogP contribution in [-0.2, 0) is 30.4 Å². The number of ketones is 4. The maximum atomic E-state index is 13.9. The first-order chi connectivity index (χ1) is 21.2. The van der Waals surface area contributed by atoms with Gasteiger partial charge in [0.15, 0.2) is 34.7 Å². The number of nitrogens with two attached hydrogens (primary N) is 1. The van der Waals surface area contributed by atoms with E-state index in [1.54, 1.807) is 49.3 Å². The predicted molar refractivity (Wildman–Crippen MR) is 161 cm³/mol. The number of aromatic hydroxyl groups is 1. The predicted octanol–water partition coefficient (Wildman–Crippen LogP) is -0.233. The van der Waals surface area contributed by atoms with Gasteiger partial charge in [-0.3, -0.25) is 33.7 Å². The highest BCUT2D eigenvalue weighted by Gasteiger charge is 2.69. The number of benzene rings is 2. The second-order valence-electron chi connectivity index (χ2n) is 12.4. The number of hydrogen-bond donors (Lipinski definition) is 4. The van der Waals surface area contributed by atoms with E-state index in [4.69, 9.17) is 5.73 Å². The Kier molecular flexibility index (Phi) is 8.22. The number of amides is 2. The highest BCUT2D eigenvalue weighted by molar-refractivity contribution is 6.32. The third-order valence-corrected chi connectivity index (χ3v) is 8.91. The topological polar surface area (TPSA) is 187 Å². The largest absolute Gasteiger partial charge is 0.507 e. The van der Waals surface area contributed by atoms with E-state index in [9.17, 15) is 39.0 Å². The molecule has 0 aromatic heterocycles. The molecule has 0 bridgehead atoms. The molecular formula is C33H34N4O8. The molecule has 2 unspecified atom stereocenters. The molecule has 6 atom stereocenters. The first-order valence-corrected chi connectivity index (χ1v) is 14.4. The molecule has 0 heterocycles. The third-order valence-electron chi connectivity index (χ3n) is 8.91. The van der Waals surface area contributed by atoms with E-state index in [1.165, 1.54) is 25.1 Å². The maximum Gasteiger partial charge on any atom is 0.238 e. The highest BCUT2D eigenvalue weighted by Crippen LogP contribution is 2.50. The molecule has 12 nitrogen and oxygen atoms in total. The van der Waals surface area contributed by atoms with E-state index in [0.717, 1.165) is 0 Å². The first kappa shape index (κ1) is 31.7. The molecule has 2 fully saturated rings. The van der Waals surface area contributed by atoms with E-state index < -0.39 is 64.4 Å². The van der Waals surface area contributed by atoms with Gasteiger partial charge in [0.25, 0.3) is 0 Å². The van der Waals surface area contributed by atoms with Crippen molar-refractivity contribution in [3.8, 4) is 17.6 Å². The Morgan fingerprint density at radius 3 is 2.27 bits per heavy atom. The summed E-state index contributed by atoms with van der Waals surface area (Å²) < 4.78 is 0. The number of nitrogens with one attached hydrogen (secondary N) is 1. The lowest BCUT2D eigenvalue weighted by Gasteiger charge is -2.52. The van der Waals surface area contributed by atoms with Crippen molar-refractivity contribution in [2.75, 3.05) is 40.1 Å². The molecule has 3 aliphatic rings. The second-order valence-corrected chi connectivity index (χ2v) is 12.4. The summed E-state index contributed by atoms with van der Waals surface area (Å²) in [6, 6.07) is 8.57. The van der Waals surface area contributed by atoms with Crippen molar-refractivity contribution in [3.05, 3.63) is 58.7 Å². The highest BCUT2D eigenvalue weighted by atomic mass is 16.3. The number of primary amides is 1. The summed E-state index contributed by atoms with van der Waals surface area (Å²) in [6.45, 7) is 0.232. The van der Waals surface area contributed by atoms with Gasteiger partial charge in [-0.2, -0.15) is 0 Å². The zero-order valence-corrected chi connectivity index (χ0v) is 25.3. The molecule has 2 amide bonds. The van der Waals surface area contributed by atoms with Crippen LogP contribution in [0.1, 0.15) is 33.5 Å². The number of carbonyl (C=O) groups excluding carboxylic acids is 6. The SMILES string of the molecule is CN(C)CC(=O)Nc1ccc(C#Cc2ccc(O)c3c2C[C@H]2C[C@H]4[C@H](N(C)C)C(=O)C(C(N)=O)C(=O)[C@@]4(O)C(=O)C2C3=O)cc1. The van der Waals surface area contributed by atoms with E-state index in [0.29, 0.717) is 22.4 Å². The van der Waals surface area contributed by atoms with Crippen LogP contribution in [0.4, 0.5) is 5.69 Å². The number of likely N-dealkylation sites (N-methyl/N-ethyl adjacent to an activating group) is 2. The molecule has 12 heteroatoms. The molecule has 0 saturated heterocycles. The number of fused-ring (bicyclic) bond motifs is 3. The Hall–Kier alpha value is -4.70. The summed E-state index contributed by atoms with van der Waals surface area (Å²) in [4.78, 5) is 81.8. The number of phenols is 1. The lowest BCUT2D eigenvalue weighted by atomic mass is 9.52. The van der Waals surface area contributed by atoms with E-state index in [-0.39, 0.29) is 36.6 Å². The number of phenolic OH excluding ortho intramolecular Hbond substituents is 1. The Morgan fingerprint density at radius 2 is 1.67 bits per heavy atom. The van der Waals surface area contributed by atoms with Crippen molar-refractivity contribution in [1.29, 1.82) is 0 Å². The number of aliphatic hydroxyl groups is 1. The average molecular weight is 615 g/mol. The Labute approximate surface area is 259 Å². The van der Waals surface area contributed by atoms with Gasteiger partial charge in [-0.05, 0) is 88.9 Å². The van der Waals surface area contributed by atoms with Crippen LogP contribution in [0.5, 0.6) is 5.75 Å². The Morgan fingerprint density at radius 1 is 1.00 bits per heavy atom. The summed E-state index contributed by atoms with van der Waals surface area (Å²) >= 11 is 0. The minimum Gasteiger partial charge on any atom is -0.507 e. The molecule has 5 rings (SSSR count). The van der Waals surface area contributed by atoms with E-state index in [1.807, 2.05) is 0 Å². The van der Waals surface area contributed by atoms with Gasteiger partial charge >= 0.3 is 0 Å². The van der Waals surface area contributed by atoms with Crippen LogP contribution in [0.2, 0.25) is 0 Å². The quantitative estimate of drug-likeness (QED) is 0.259. The normalized spacial score (nSPS) is 27.3. The lowest BCUT2D eigenvalue weighted by Crippen LogP contribution is -2.74. The van der Waals surface area contributed by atoms with Crippen LogP contribution >= 0.6 is 0 Å². The summed E-state index contributed by atoms with van der Waals surface area (Å²) in [7, 11) is 6.65. The number of Topliss-reactive ketones (excluding diaryl/α,β-unsaturated/α-hetero) is 4. The number of carbonyl (C=O) groups is 6. The molecule has 2 aromatic carbocycles. The lowest BCUT2D eigenvalue weighted by molar-refractivity contribution is -0.181. The van der Waals surface area contributed by atoms with E-state index >= 15 is 0 Å². The molecule has 5 N–H and O–H groups in total. The van der Waals surface area contributed by atoms with Crippen molar-refractivity contribution in [2.24, 2.45) is 29.4 Å². The summed E-state index contributed by atoms with van der Waals surface area (Å²) in [5.74, 6) is -5.12. The standard InChI is InChI=1S/C33H34N4O8/c1-36(2)15-23(39)35-19-10-6-16(7-11-19)5-8-17-9-12-22(38)25-20(17)13-18-14-21-27(37(3)4)29(41)26(32(34)44)31(43)33(21,45)30(42)24(18)28(25)40/h6-7,9-12,18,21,24,26-27,38,45H,13-15H2,1-4H3,(H2,34,44)(H,35,39)/t18-,21-,24?,26?,27-,33-/m0/s1. The maximum absolute atomic E-state index is 13.9. The minimum absolute atomic E-state index is 0.0482. The van der Waals surface area contributed by atoms with Crippen molar-refractivity contribution in [2.45, 2.75) is 24.5 Å². The van der Waals surface area contributed by atoms with Gasteiger partial charge in [-0.25, -0.2) is 0 Å². The minimum atomic E-state index is -2.78. The van der Waals surface area contributed by atoms with Crippen molar-refractivity contribution in [3.63, 3.8) is 0 Å². The van der Waals surface area contributed by atoms with Crippen molar-refractivity contribution in [1.82, 2.24) is 9.80 Å². The fraction of sp³-hybridized carbons (Fsp3) is 0.394. The van der Waals surface area contributed by atoms with Gasteiger partial charge in [-0.15, -0.1) is 0 Å². The first-order valence-electron chi connectivity index (χ1n) is 14.4. The fourth-order valence-corrected chi connectivity index (χ4v) is 6.99. The van der Waals surface area contributed by atoms with Crippen LogP contribution in [0.3, 0.4) is 0 Å². The van der Waals surface area contributed by atoms with Crippen LogP contribution in [-0.4, -0.2) is 101 Å². The number of nitrogens with zero attached hydrogens (tertiary/aromatic N) is 2. The molecule has 234 valence electrons. The monoisotopic (exact) mass is 614 g/mol. The summed E-state index contributed by atoms with van der Waals surface area (Å²) in [5, 5.41) is 25.2. The van der Waals surface area contributed by atoms with Gasteiger partial charge in [0.2, 0.25) is 11.8 Å². The average Bonchev–Trinajstić information content (AvgIpc) is 2.94. The molecule has 2 saturated carbocycles. The number of anilines is 1. The smallest absolute Gasteiger partial charge is 0.238 e. The van der Waals surface area contributed by atoms with Gasteiger partial charge in [0, 0.05) is 22.7 Å². The van der Waals surface area contributed by atoms with Gasteiger partial charge in [-0.1, -0.05) is 11.8 Å². The summed E-state index contributed by atoms with van der Waals surface area (Å²) in [6.07, 6.45) is 0.0640. The van der Waals surface area contributed by atoms with Crippen LogP contribution in [0.25, 0.3) is 0 Å². The zero-order valence-electron chi connectivity index (χ0n) is 25.3. The van der Waals surface area contributed by atoms with Gasteiger partial charge in [0.1, 0.15) is 5.75 Å². The third kappa shape index (κ3) is 5.33. The zero-order chi connectivity index (χ0) is 33.0.